The minimum absolute atomic E-state index is 0.124. The first kappa shape index (κ1) is 18.6. The van der Waals surface area contributed by atoms with Crippen molar-refractivity contribution < 1.29 is 9.63 Å². The van der Waals surface area contributed by atoms with Crippen molar-refractivity contribution in [2.24, 2.45) is 5.90 Å². The lowest BCUT2D eigenvalue weighted by molar-refractivity contribution is -0.129. The van der Waals surface area contributed by atoms with Crippen LogP contribution >= 0.6 is 0 Å². The van der Waals surface area contributed by atoms with Crippen LogP contribution in [-0.4, -0.2) is 11.9 Å². The molecule has 0 aromatic carbocycles. The highest BCUT2D eigenvalue weighted by Crippen LogP contribution is 2.12. The van der Waals surface area contributed by atoms with Crippen LogP contribution < -0.4 is 5.90 Å². The number of rotatable bonds is 14. The first-order chi connectivity index (χ1) is 9.22. The summed E-state index contributed by atoms with van der Waals surface area (Å²) in [4.78, 5) is 15.9. The van der Waals surface area contributed by atoms with E-state index in [0.717, 1.165) is 12.8 Å². The second kappa shape index (κ2) is 14.0. The minimum atomic E-state index is -0.442. The van der Waals surface area contributed by atoms with Gasteiger partial charge in [0, 0.05) is 6.42 Å². The second-order valence-electron chi connectivity index (χ2n) is 5.53. The molecule has 0 aliphatic heterocycles. The molecular formula is C16H33NO2. The average molecular weight is 271 g/mol. The molecule has 114 valence electrons. The third-order valence-corrected chi connectivity index (χ3v) is 3.68. The van der Waals surface area contributed by atoms with Gasteiger partial charge >= 0.3 is 0 Å². The number of carbonyl (C=O) groups excluding carboxylic acids is 1. The first-order valence-corrected chi connectivity index (χ1v) is 8.10. The van der Waals surface area contributed by atoms with Crippen LogP contribution in [-0.2, 0) is 9.63 Å². The van der Waals surface area contributed by atoms with Gasteiger partial charge in [0.25, 0.3) is 0 Å². The Morgan fingerprint density at radius 2 is 1.32 bits per heavy atom. The van der Waals surface area contributed by atoms with Crippen LogP contribution in [0.1, 0.15) is 90.9 Å². The summed E-state index contributed by atoms with van der Waals surface area (Å²) < 4.78 is 0. The number of unbranched alkanes of at least 4 members (excludes halogenated alkanes) is 10. The Morgan fingerprint density at radius 1 is 0.895 bits per heavy atom. The number of ketones is 1. The van der Waals surface area contributed by atoms with Crippen LogP contribution in [0.5, 0.6) is 0 Å². The van der Waals surface area contributed by atoms with Gasteiger partial charge in [-0.25, -0.2) is 5.90 Å². The molecule has 0 fully saturated rings. The summed E-state index contributed by atoms with van der Waals surface area (Å²) in [5.74, 6) is 5.10. The molecule has 2 N–H and O–H groups in total. The molecule has 19 heavy (non-hydrogen) atoms. The average Bonchev–Trinajstić information content (AvgIpc) is 2.43. The molecule has 3 heteroatoms. The van der Waals surface area contributed by atoms with Crippen molar-refractivity contribution in [1.29, 1.82) is 0 Å². The SMILES string of the molecule is CCCCCCCCCCCCCC(=O)C(C)ON. The van der Waals surface area contributed by atoms with Gasteiger partial charge in [-0.3, -0.25) is 9.63 Å². The number of nitrogens with two attached hydrogens (primary N) is 1. The summed E-state index contributed by atoms with van der Waals surface area (Å²) >= 11 is 0. The smallest absolute Gasteiger partial charge is 0.163 e. The van der Waals surface area contributed by atoms with Gasteiger partial charge in [-0.05, 0) is 13.3 Å². The standard InChI is InChI=1S/C16H33NO2/c1-3-4-5-6-7-8-9-10-11-12-13-14-16(18)15(2)19-17/h15H,3-14,17H2,1-2H3. The second-order valence-corrected chi connectivity index (χ2v) is 5.53. The zero-order chi connectivity index (χ0) is 14.3. The third-order valence-electron chi connectivity index (χ3n) is 3.68. The Hall–Kier alpha value is -0.410. The van der Waals surface area contributed by atoms with Crippen molar-refractivity contribution >= 4 is 5.78 Å². The van der Waals surface area contributed by atoms with Crippen molar-refractivity contribution in [3.63, 3.8) is 0 Å². The Labute approximate surface area is 119 Å². The van der Waals surface area contributed by atoms with Gasteiger partial charge in [0.1, 0.15) is 6.10 Å². The van der Waals surface area contributed by atoms with Crippen molar-refractivity contribution in [2.75, 3.05) is 0 Å². The highest BCUT2D eigenvalue weighted by atomic mass is 16.6. The van der Waals surface area contributed by atoms with E-state index in [9.17, 15) is 4.79 Å². The normalized spacial score (nSPS) is 12.6. The molecule has 0 heterocycles. The number of hydrogen-bond donors (Lipinski definition) is 1. The Morgan fingerprint density at radius 3 is 1.74 bits per heavy atom. The van der Waals surface area contributed by atoms with Gasteiger partial charge in [0.2, 0.25) is 0 Å². The van der Waals surface area contributed by atoms with Crippen LogP contribution in [0.4, 0.5) is 0 Å². The molecule has 0 saturated heterocycles. The molecule has 0 radical (unpaired) electrons. The Bertz CT molecular complexity index is 207. The lowest BCUT2D eigenvalue weighted by atomic mass is 10.0. The highest BCUT2D eigenvalue weighted by molar-refractivity contribution is 5.82. The molecule has 3 nitrogen and oxygen atoms in total. The predicted octanol–water partition coefficient (Wildman–Crippen LogP) is 4.54. The van der Waals surface area contributed by atoms with E-state index in [1.54, 1.807) is 6.92 Å². The molecule has 0 spiro atoms. The zero-order valence-electron chi connectivity index (χ0n) is 13.0. The van der Waals surface area contributed by atoms with Gasteiger partial charge < -0.3 is 0 Å². The van der Waals surface area contributed by atoms with Crippen LogP contribution in [0, 0.1) is 0 Å². The molecule has 0 aliphatic rings. The molecule has 0 aliphatic carbocycles. The van der Waals surface area contributed by atoms with Crippen LogP contribution in [0.2, 0.25) is 0 Å². The van der Waals surface area contributed by atoms with E-state index in [2.05, 4.69) is 11.8 Å². The predicted molar refractivity (Wildman–Crippen MR) is 80.8 cm³/mol. The fourth-order valence-electron chi connectivity index (χ4n) is 2.24. The molecule has 0 aromatic rings. The molecule has 1 unspecified atom stereocenters. The summed E-state index contributed by atoms with van der Waals surface area (Å²) in [6.07, 6.45) is 14.5. The van der Waals surface area contributed by atoms with Crippen molar-refractivity contribution in [3.8, 4) is 0 Å². The van der Waals surface area contributed by atoms with Gasteiger partial charge in [0.05, 0.1) is 0 Å². The summed E-state index contributed by atoms with van der Waals surface area (Å²) in [5, 5.41) is 0. The quantitative estimate of drug-likeness (QED) is 0.373. The van der Waals surface area contributed by atoms with Crippen molar-refractivity contribution in [1.82, 2.24) is 0 Å². The third kappa shape index (κ3) is 12.4. The summed E-state index contributed by atoms with van der Waals surface area (Å²) in [5.41, 5.74) is 0. The lowest BCUT2D eigenvalue weighted by Gasteiger charge is -2.07. The summed E-state index contributed by atoms with van der Waals surface area (Å²) in [6.45, 7) is 3.96. The zero-order valence-corrected chi connectivity index (χ0v) is 13.0. The molecular weight excluding hydrogens is 238 g/mol. The highest BCUT2D eigenvalue weighted by Gasteiger charge is 2.10. The van der Waals surface area contributed by atoms with Gasteiger partial charge in [0.15, 0.2) is 5.78 Å². The van der Waals surface area contributed by atoms with E-state index >= 15 is 0 Å². The van der Waals surface area contributed by atoms with Gasteiger partial charge in [-0.1, -0.05) is 71.1 Å². The van der Waals surface area contributed by atoms with E-state index in [1.165, 1.54) is 57.8 Å². The number of Topliss-reactive ketones (excluding diaryl/α,β-unsaturated/α-hetero) is 1. The summed E-state index contributed by atoms with van der Waals surface area (Å²) in [7, 11) is 0. The van der Waals surface area contributed by atoms with Crippen molar-refractivity contribution in [3.05, 3.63) is 0 Å². The van der Waals surface area contributed by atoms with Gasteiger partial charge in [-0.2, -0.15) is 0 Å². The molecule has 0 amide bonds. The van der Waals surface area contributed by atoms with Crippen LogP contribution in [0.25, 0.3) is 0 Å². The van der Waals surface area contributed by atoms with E-state index in [-0.39, 0.29) is 5.78 Å². The van der Waals surface area contributed by atoms with Gasteiger partial charge in [-0.15, -0.1) is 0 Å². The summed E-state index contributed by atoms with van der Waals surface area (Å²) in [6, 6.07) is 0. The number of hydrogen-bond acceptors (Lipinski definition) is 3. The monoisotopic (exact) mass is 271 g/mol. The molecule has 0 aromatic heterocycles. The van der Waals surface area contributed by atoms with Crippen molar-refractivity contribution in [2.45, 2.75) is 97.0 Å². The van der Waals surface area contributed by atoms with Crippen LogP contribution in [0.3, 0.4) is 0 Å². The number of carbonyl (C=O) groups is 1. The van der Waals surface area contributed by atoms with Crippen LogP contribution in [0.15, 0.2) is 0 Å². The molecule has 0 rings (SSSR count). The molecule has 0 saturated carbocycles. The lowest BCUT2D eigenvalue weighted by Crippen LogP contribution is -2.23. The largest absolute Gasteiger partial charge is 0.297 e. The Balaban J connectivity index is 3.13. The maximum Gasteiger partial charge on any atom is 0.163 e. The molecule has 0 bridgehead atoms. The van der Waals surface area contributed by atoms with E-state index in [4.69, 9.17) is 5.90 Å². The minimum Gasteiger partial charge on any atom is -0.297 e. The fourth-order valence-corrected chi connectivity index (χ4v) is 2.24. The first-order valence-electron chi connectivity index (χ1n) is 8.10. The van der Waals surface area contributed by atoms with E-state index in [1.807, 2.05) is 0 Å². The Kier molecular flexibility index (Phi) is 13.7. The maximum atomic E-state index is 11.4. The topological polar surface area (TPSA) is 52.3 Å². The van der Waals surface area contributed by atoms with E-state index < -0.39 is 6.10 Å². The maximum absolute atomic E-state index is 11.4. The van der Waals surface area contributed by atoms with E-state index in [0.29, 0.717) is 6.42 Å². The molecule has 1 atom stereocenters. The fraction of sp³-hybridized carbons (Fsp3) is 0.938.